The minimum absolute atomic E-state index is 0.0459. The van der Waals surface area contributed by atoms with Crippen LogP contribution in [0.3, 0.4) is 0 Å². The molecule has 0 radical (unpaired) electrons. The van der Waals surface area contributed by atoms with Crippen LogP contribution in [0.5, 0.6) is 0 Å². The van der Waals surface area contributed by atoms with Gasteiger partial charge in [-0.3, -0.25) is 9.36 Å². The van der Waals surface area contributed by atoms with E-state index in [0.717, 1.165) is 49.6 Å². The molecule has 1 fully saturated rings. The predicted octanol–water partition coefficient (Wildman–Crippen LogP) is 2.50. The lowest BCUT2D eigenvalue weighted by molar-refractivity contribution is 0.348. The van der Waals surface area contributed by atoms with Crippen LogP contribution in [-0.2, 0) is 12.0 Å². The Morgan fingerprint density at radius 1 is 1.15 bits per heavy atom. The molecule has 4 heterocycles. The lowest BCUT2D eigenvalue weighted by Gasteiger charge is -2.32. The SMILES string of the molecule is CC(C)(C)c1cc(=O)n(CC2CCN(c3ccc4nccn4n3)CC2)cn1. The zero-order valence-electron chi connectivity index (χ0n) is 16.2. The van der Waals surface area contributed by atoms with Crippen molar-refractivity contribution in [3.63, 3.8) is 0 Å². The highest BCUT2D eigenvalue weighted by Gasteiger charge is 2.22. The Bertz CT molecular complexity index is 991. The molecule has 7 nitrogen and oxygen atoms in total. The average molecular weight is 366 g/mol. The van der Waals surface area contributed by atoms with Crippen LogP contribution in [0.15, 0.2) is 41.7 Å². The number of hydrogen-bond acceptors (Lipinski definition) is 5. The van der Waals surface area contributed by atoms with E-state index in [1.807, 2.05) is 22.8 Å². The standard InChI is InChI=1S/C20H26N6O/c1-20(2,3)16-12-19(27)25(14-22-16)13-15-6-9-24(10-7-15)18-5-4-17-21-8-11-26(17)23-18/h4-5,8,11-12,14-15H,6-7,9-10,13H2,1-3H3. The van der Waals surface area contributed by atoms with Crippen LogP contribution in [0.25, 0.3) is 5.65 Å². The van der Waals surface area contributed by atoms with Crippen LogP contribution in [0.2, 0.25) is 0 Å². The van der Waals surface area contributed by atoms with Gasteiger partial charge in [0.1, 0.15) is 5.82 Å². The first-order chi connectivity index (χ1) is 12.9. The smallest absolute Gasteiger partial charge is 0.253 e. The van der Waals surface area contributed by atoms with Gasteiger partial charge in [0, 0.05) is 43.5 Å². The van der Waals surface area contributed by atoms with E-state index >= 15 is 0 Å². The van der Waals surface area contributed by atoms with Gasteiger partial charge in [0.05, 0.1) is 12.0 Å². The molecule has 7 heteroatoms. The van der Waals surface area contributed by atoms with Gasteiger partial charge in [0.2, 0.25) is 0 Å². The minimum atomic E-state index is -0.104. The van der Waals surface area contributed by atoms with Gasteiger partial charge in [0.15, 0.2) is 5.65 Å². The zero-order chi connectivity index (χ0) is 19.0. The normalized spacial score (nSPS) is 16.2. The van der Waals surface area contributed by atoms with Crippen molar-refractivity contribution in [3.8, 4) is 0 Å². The highest BCUT2D eigenvalue weighted by atomic mass is 16.1. The van der Waals surface area contributed by atoms with E-state index in [-0.39, 0.29) is 11.0 Å². The number of piperidine rings is 1. The molecule has 0 aromatic carbocycles. The van der Waals surface area contributed by atoms with Crippen molar-refractivity contribution in [2.75, 3.05) is 18.0 Å². The predicted molar refractivity (Wildman–Crippen MR) is 105 cm³/mol. The van der Waals surface area contributed by atoms with Crippen LogP contribution in [-0.4, -0.2) is 37.2 Å². The summed E-state index contributed by atoms with van der Waals surface area (Å²) in [5.41, 5.74) is 1.65. The average Bonchev–Trinajstić information content (AvgIpc) is 3.11. The Morgan fingerprint density at radius 3 is 2.63 bits per heavy atom. The number of hydrogen-bond donors (Lipinski definition) is 0. The highest BCUT2D eigenvalue weighted by molar-refractivity contribution is 5.45. The monoisotopic (exact) mass is 366 g/mol. The maximum atomic E-state index is 12.4. The quantitative estimate of drug-likeness (QED) is 0.712. The molecule has 0 unspecified atom stereocenters. The molecule has 0 atom stereocenters. The summed E-state index contributed by atoms with van der Waals surface area (Å²) in [5, 5.41) is 4.63. The maximum Gasteiger partial charge on any atom is 0.253 e. The van der Waals surface area contributed by atoms with E-state index in [0.29, 0.717) is 5.92 Å². The van der Waals surface area contributed by atoms with Crippen molar-refractivity contribution < 1.29 is 0 Å². The molecule has 0 saturated carbocycles. The van der Waals surface area contributed by atoms with Gasteiger partial charge in [-0.05, 0) is 30.9 Å². The summed E-state index contributed by atoms with van der Waals surface area (Å²) in [5.74, 6) is 1.46. The second kappa shape index (κ2) is 6.79. The number of rotatable bonds is 3. The van der Waals surface area contributed by atoms with Crippen molar-refractivity contribution in [3.05, 3.63) is 53.0 Å². The third-order valence-electron chi connectivity index (χ3n) is 5.28. The first-order valence-corrected chi connectivity index (χ1v) is 9.52. The molecule has 27 heavy (non-hydrogen) atoms. The van der Waals surface area contributed by atoms with Gasteiger partial charge in [0.25, 0.3) is 5.56 Å². The fraction of sp³-hybridized carbons (Fsp3) is 0.500. The molecule has 1 saturated heterocycles. The van der Waals surface area contributed by atoms with E-state index < -0.39 is 0 Å². The molecular formula is C20H26N6O. The summed E-state index contributed by atoms with van der Waals surface area (Å²) in [7, 11) is 0. The van der Waals surface area contributed by atoms with E-state index in [4.69, 9.17) is 0 Å². The Kier molecular flexibility index (Phi) is 4.45. The fourth-order valence-electron chi connectivity index (χ4n) is 3.57. The molecule has 1 aliphatic heterocycles. The largest absolute Gasteiger partial charge is 0.355 e. The van der Waals surface area contributed by atoms with Crippen LogP contribution < -0.4 is 10.5 Å². The van der Waals surface area contributed by atoms with Crippen molar-refractivity contribution in [2.24, 2.45) is 5.92 Å². The van der Waals surface area contributed by atoms with E-state index in [1.165, 1.54) is 0 Å². The van der Waals surface area contributed by atoms with Gasteiger partial charge >= 0.3 is 0 Å². The molecule has 0 N–H and O–H groups in total. The highest BCUT2D eigenvalue weighted by Crippen LogP contribution is 2.23. The molecule has 0 bridgehead atoms. The first-order valence-electron chi connectivity index (χ1n) is 9.52. The molecule has 142 valence electrons. The molecule has 3 aromatic heterocycles. The summed E-state index contributed by atoms with van der Waals surface area (Å²) in [4.78, 5) is 23.5. The first kappa shape index (κ1) is 17.7. The Morgan fingerprint density at radius 2 is 1.93 bits per heavy atom. The summed E-state index contributed by atoms with van der Waals surface area (Å²) < 4.78 is 3.56. The lowest BCUT2D eigenvalue weighted by atomic mass is 9.92. The Labute approximate surface area is 158 Å². The van der Waals surface area contributed by atoms with Crippen molar-refractivity contribution >= 4 is 11.5 Å². The second-order valence-corrected chi connectivity index (χ2v) is 8.37. The van der Waals surface area contributed by atoms with Gasteiger partial charge in [-0.25, -0.2) is 14.5 Å². The number of fused-ring (bicyclic) bond motifs is 1. The maximum absolute atomic E-state index is 12.4. The summed E-state index contributed by atoms with van der Waals surface area (Å²) in [6, 6.07) is 5.71. The molecule has 0 spiro atoms. The van der Waals surface area contributed by atoms with Gasteiger partial charge in [-0.15, -0.1) is 5.10 Å². The molecule has 4 rings (SSSR count). The number of imidazole rings is 1. The zero-order valence-corrected chi connectivity index (χ0v) is 16.2. The second-order valence-electron chi connectivity index (χ2n) is 8.37. The van der Waals surface area contributed by atoms with E-state index in [2.05, 4.69) is 40.7 Å². The summed E-state index contributed by atoms with van der Waals surface area (Å²) in [6.45, 7) is 8.84. The van der Waals surface area contributed by atoms with Crippen LogP contribution in [0.4, 0.5) is 5.82 Å². The molecule has 0 aliphatic carbocycles. The van der Waals surface area contributed by atoms with Crippen LogP contribution in [0, 0.1) is 5.92 Å². The van der Waals surface area contributed by atoms with Gasteiger partial charge in [-0.2, -0.15) is 0 Å². The fourth-order valence-corrected chi connectivity index (χ4v) is 3.57. The Hall–Kier alpha value is -2.70. The van der Waals surface area contributed by atoms with Crippen LogP contribution >= 0.6 is 0 Å². The molecule has 3 aromatic rings. The summed E-state index contributed by atoms with van der Waals surface area (Å²) in [6.07, 6.45) is 7.42. The third-order valence-corrected chi connectivity index (χ3v) is 5.28. The van der Waals surface area contributed by atoms with Crippen molar-refractivity contribution in [2.45, 2.75) is 45.6 Å². The minimum Gasteiger partial charge on any atom is -0.355 e. The topological polar surface area (TPSA) is 68.3 Å². The number of anilines is 1. The van der Waals surface area contributed by atoms with Crippen LogP contribution in [0.1, 0.15) is 39.3 Å². The van der Waals surface area contributed by atoms with Gasteiger partial charge < -0.3 is 4.90 Å². The third kappa shape index (κ3) is 3.72. The molecule has 1 aliphatic rings. The summed E-state index contributed by atoms with van der Waals surface area (Å²) >= 11 is 0. The Balaban J connectivity index is 1.40. The molecular weight excluding hydrogens is 340 g/mol. The van der Waals surface area contributed by atoms with E-state index in [1.54, 1.807) is 23.2 Å². The van der Waals surface area contributed by atoms with Crippen molar-refractivity contribution in [1.82, 2.24) is 24.1 Å². The van der Waals surface area contributed by atoms with E-state index in [9.17, 15) is 4.79 Å². The van der Waals surface area contributed by atoms with Gasteiger partial charge in [-0.1, -0.05) is 20.8 Å². The molecule has 0 amide bonds. The lowest BCUT2D eigenvalue weighted by Crippen LogP contribution is -2.37. The van der Waals surface area contributed by atoms with Crippen molar-refractivity contribution in [1.29, 1.82) is 0 Å². The number of nitrogens with zero attached hydrogens (tertiary/aromatic N) is 6. The number of aromatic nitrogens is 5.